The van der Waals surface area contributed by atoms with E-state index in [1.807, 2.05) is 73.8 Å². The Morgan fingerprint density at radius 2 is 1.30 bits per heavy atom. The van der Waals surface area contributed by atoms with Crippen LogP contribution in [-0.4, -0.2) is 45.8 Å². The van der Waals surface area contributed by atoms with E-state index in [2.05, 4.69) is 85.3 Å². The highest BCUT2D eigenvalue weighted by Gasteiger charge is 2.50. The van der Waals surface area contributed by atoms with E-state index in [1.54, 1.807) is 0 Å². The SMILES string of the molecule is CNCCCC[C@H](NC(=O)[C@@H](N)Cc1ccccc1)C(=O)Nc1ccc(CO[Si](c2ccccc2)(c2ccccc2)C(C)(C)C)cc1. The Balaban J connectivity index is 1.45. The summed E-state index contributed by atoms with van der Waals surface area (Å²) in [7, 11) is -0.780. The number of unbranched alkanes of at least 4 members (excludes halogenated alkanes) is 1. The molecule has 0 aliphatic rings. The molecule has 7 nitrogen and oxygen atoms in total. The van der Waals surface area contributed by atoms with Crippen LogP contribution in [0.5, 0.6) is 0 Å². The zero-order valence-electron chi connectivity index (χ0n) is 28.2. The molecule has 4 rings (SSSR count). The molecule has 4 aromatic rings. The third-order valence-electron chi connectivity index (χ3n) is 8.53. The van der Waals surface area contributed by atoms with E-state index in [-0.39, 0.29) is 16.9 Å². The Hall–Kier alpha value is -4.08. The molecular weight excluding hydrogens is 601 g/mol. The summed E-state index contributed by atoms with van der Waals surface area (Å²) in [6.07, 6.45) is 2.60. The van der Waals surface area contributed by atoms with Gasteiger partial charge >= 0.3 is 0 Å². The lowest BCUT2D eigenvalue weighted by atomic mass is 10.0. The average molecular weight is 651 g/mol. The lowest BCUT2D eigenvalue weighted by Gasteiger charge is -2.43. The lowest BCUT2D eigenvalue weighted by molar-refractivity contribution is -0.127. The Morgan fingerprint density at radius 3 is 1.83 bits per heavy atom. The quantitative estimate of drug-likeness (QED) is 0.0993. The summed E-state index contributed by atoms with van der Waals surface area (Å²) in [6, 6.07) is 37.1. The molecule has 4 aromatic carbocycles. The maximum atomic E-state index is 13.5. The van der Waals surface area contributed by atoms with Crippen molar-refractivity contribution in [2.24, 2.45) is 5.73 Å². The molecule has 0 aliphatic heterocycles. The van der Waals surface area contributed by atoms with Crippen molar-refractivity contribution in [1.82, 2.24) is 10.6 Å². The number of benzene rings is 4. The first kappa shape index (κ1) is 35.8. The zero-order valence-corrected chi connectivity index (χ0v) is 29.2. The van der Waals surface area contributed by atoms with E-state index in [4.69, 9.17) is 10.2 Å². The molecule has 0 radical (unpaired) electrons. The standard InChI is InChI=1S/C39H50N4O3Si/c1-39(2,3)47(33-18-10-6-11-19-33,34-20-12-7-13-21-34)46-29-31-23-25-32(26-24-31)42-38(45)36(22-14-15-27-41-4)43-37(44)35(40)28-30-16-8-5-9-17-30/h5-13,16-21,23-26,35-36,41H,14-15,22,27-29,40H2,1-4H3,(H,42,45)(H,43,44)/t35-,36-/m0/s1. The number of amides is 2. The van der Waals surface area contributed by atoms with Crippen molar-refractivity contribution in [3.63, 3.8) is 0 Å². The van der Waals surface area contributed by atoms with E-state index in [0.29, 0.717) is 25.1 Å². The van der Waals surface area contributed by atoms with Gasteiger partial charge < -0.3 is 26.1 Å². The summed E-state index contributed by atoms with van der Waals surface area (Å²) >= 11 is 0. The van der Waals surface area contributed by atoms with Gasteiger partial charge in [-0.1, -0.05) is 124 Å². The maximum absolute atomic E-state index is 13.5. The van der Waals surface area contributed by atoms with E-state index in [9.17, 15) is 9.59 Å². The van der Waals surface area contributed by atoms with Gasteiger partial charge in [0, 0.05) is 5.69 Å². The fraction of sp³-hybridized carbons (Fsp3) is 0.333. The largest absolute Gasteiger partial charge is 0.403 e. The number of hydrogen-bond acceptors (Lipinski definition) is 5. The summed E-state index contributed by atoms with van der Waals surface area (Å²) in [5.74, 6) is -0.593. The van der Waals surface area contributed by atoms with Gasteiger partial charge in [-0.25, -0.2) is 0 Å². The van der Waals surface area contributed by atoms with Gasteiger partial charge in [-0.2, -0.15) is 0 Å². The van der Waals surface area contributed by atoms with E-state index in [0.717, 1.165) is 30.5 Å². The minimum atomic E-state index is -2.68. The lowest BCUT2D eigenvalue weighted by Crippen LogP contribution is -2.66. The van der Waals surface area contributed by atoms with Crippen LogP contribution in [0.3, 0.4) is 0 Å². The van der Waals surface area contributed by atoms with Crippen LogP contribution in [0.15, 0.2) is 115 Å². The van der Waals surface area contributed by atoms with E-state index >= 15 is 0 Å². The minimum Gasteiger partial charge on any atom is -0.403 e. The predicted octanol–water partition coefficient (Wildman–Crippen LogP) is 5.15. The molecule has 0 fully saturated rings. The van der Waals surface area contributed by atoms with Gasteiger partial charge in [-0.15, -0.1) is 0 Å². The monoisotopic (exact) mass is 650 g/mol. The fourth-order valence-corrected chi connectivity index (χ4v) is 10.6. The molecule has 0 aromatic heterocycles. The van der Waals surface area contributed by atoms with Crippen LogP contribution in [0, 0.1) is 0 Å². The predicted molar refractivity (Wildman–Crippen MR) is 195 cm³/mol. The molecule has 248 valence electrons. The smallest absolute Gasteiger partial charge is 0.261 e. The number of anilines is 1. The molecule has 47 heavy (non-hydrogen) atoms. The summed E-state index contributed by atoms with van der Waals surface area (Å²) in [5.41, 5.74) is 8.89. The fourth-order valence-electron chi connectivity index (χ4n) is 6.03. The van der Waals surface area contributed by atoms with Gasteiger partial charge in [0.1, 0.15) is 6.04 Å². The molecule has 0 aliphatic carbocycles. The first-order chi connectivity index (χ1) is 22.6. The molecular formula is C39H50N4O3Si. The second kappa shape index (κ2) is 17.2. The van der Waals surface area contributed by atoms with Gasteiger partial charge in [0.05, 0.1) is 12.6 Å². The average Bonchev–Trinajstić information content (AvgIpc) is 3.08. The Bertz CT molecular complexity index is 1490. The van der Waals surface area contributed by atoms with Crippen molar-refractivity contribution in [3.05, 3.63) is 126 Å². The number of carbonyl (C=O) groups is 2. The minimum absolute atomic E-state index is 0.125. The van der Waals surface area contributed by atoms with Crippen molar-refractivity contribution >= 4 is 36.2 Å². The molecule has 5 N–H and O–H groups in total. The first-order valence-electron chi connectivity index (χ1n) is 16.5. The second-order valence-electron chi connectivity index (χ2n) is 13.1. The summed E-state index contributed by atoms with van der Waals surface area (Å²) in [5, 5.41) is 11.4. The number of carbonyl (C=O) groups excluding carboxylic acids is 2. The molecule has 0 unspecified atom stereocenters. The van der Waals surface area contributed by atoms with Gasteiger partial charge in [0.15, 0.2) is 0 Å². The van der Waals surface area contributed by atoms with Crippen molar-refractivity contribution in [2.75, 3.05) is 18.9 Å². The summed E-state index contributed by atoms with van der Waals surface area (Å²) < 4.78 is 7.07. The normalized spacial score (nSPS) is 13.0. The Labute approximate surface area is 281 Å². The summed E-state index contributed by atoms with van der Waals surface area (Å²) in [6.45, 7) is 8.07. The number of hydrogen-bond donors (Lipinski definition) is 4. The van der Waals surface area contributed by atoms with Gasteiger partial charge in [-0.05, 0) is 77.9 Å². The molecule has 0 saturated heterocycles. The van der Waals surface area contributed by atoms with Gasteiger partial charge in [-0.3, -0.25) is 9.59 Å². The molecule has 0 heterocycles. The third kappa shape index (κ3) is 9.71. The van der Waals surface area contributed by atoms with Crippen LogP contribution in [-0.2, 0) is 27.0 Å². The highest BCUT2D eigenvalue weighted by molar-refractivity contribution is 6.99. The number of nitrogens with one attached hydrogen (secondary N) is 3. The first-order valence-corrected chi connectivity index (χ1v) is 18.4. The van der Waals surface area contributed by atoms with Crippen LogP contribution in [0.2, 0.25) is 5.04 Å². The molecule has 8 heteroatoms. The summed E-state index contributed by atoms with van der Waals surface area (Å²) in [4.78, 5) is 26.5. The topological polar surface area (TPSA) is 105 Å². The highest BCUT2D eigenvalue weighted by atomic mass is 28.4. The molecule has 2 amide bonds. The zero-order chi connectivity index (χ0) is 33.7. The van der Waals surface area contributed by atoms with E-state index in [1.165, 1.54) is 10.4 Å². The van der Waals surface area contributed by atoms with Crippen LogP contribution in [0.25, 0.3) is 0 Å². The van der Waals surface area contributed by atoms with E-state index < -0.39 is 20.4 Å². The molecule has 2 atom stereocenters. The Morgan fingerprint density at radius 1 is 0.745 bits per heavy atom. The van der Waals surface area contributed by atoms with Crippen molar-refractivity contribution in [2.45, 2.75) is 70.2 Å². The van der Waals surface area contributed by atoms with Crippen LogP contribution >= 0.6 is 0 Å². The van der Waals surface area contributed by atoms with Crippen LogP contribution in [0.4, 0.5) is 5.69 Å². The van der Waals surface area contributed by atoms with Crippen molar-refractivity contribution in [1.29, 1.82) is 0 Å². The van der Waals surface area contributed by atoms with Gasteiger partial charge in [0.2, 0.25) is 11.8 Å². The third-order valence-corrected chi connectivity index (χ3v) is 13.5. The van der Waals surface area contributed by atoms with Crippen LogP contribution < -0.4 is 32.1 Å². The number of rotatable bonds is 16. The molecule has 0 spiro atoms. The molecule has 0 bridgehead atoms. The molecule has 0 saturated carbocycles. The number of nitrogens with two attached hydrogens (primary N) is 1. The van der Waals surface area contributed by atoms with Crippen LogP contribution in [0.1, 0.15) is 51.2 Å². The highest BCUT2D eigenvalue weighted by Crippen LogP contribution is 2.37. The maximum Gasteiger partial charge on any atom is 0.261 e. The van der Waals surface area contributed by atoms with Gasteiger partial charge in [0.25, 0.3) is 8.32 Å². The second-order valence-corrected chi connectivity index (χ2v) is 17.4. The Kier molecular flexibility index (Phi) is 13.1. The van der Waals surface area contributed by atoms with Crippen molar-refractivity contribution < 1.29 is 14.0 Å². The van der Waals surface area contributed by atoms with Crippen molar-refractivity contribution in [3.8, 4) is 0 Å².